The Balaban J connectivity index is 1.87. The predicted molar refractivity (Wildman–Crippen MR) is 93.9 cm³/mol. The van der Waals surface area contributed by atoms with Crippen molar-refractivity contribution in [2.24, 2.45) is 0 Å². The van der Waals surface area contributed by atoms with Crippen LogP contribution < -0.4 is 5.32 Å². The zero-order chi connectivity index (χ0) is 20.5. The quantitative estimate of drug-likeness (QED) is 0.715. The number of halogens is 4. The number of aromatic nitrogens is 4. The van der Waals surface area contributed by atoms with Gasteiger partial charge in [-0.1, -0.05) is 29.8 Å². The van der Waals surface area contributed by atoms with Crippen LogP contribution in [0.3, 0.4) is 0 Å². The molecule has 2 heterocycles. The molecule has 144 valence electrons. The lowest BCUT2D eigenvalue weighted by Gasteiger charge is -2.10. The fourth-order valence-electron chi connectivity index (χ4n) is 2.48. The van der Waals surface area contributed by atoms with Crippen LogP contribution in [0.1, 0.15) is 17.0 Å². The molecule has 11 heteroatoms. The molecule has 1 N–H and O–H groups in total. The fourth-order valence-corrected chi connectivity index (χ4v) is 2.72. The first-order chi connectivity index (χ1) is 13.2. The highest BCUT2D eigenvalue weighted by molar-refractivity contribution is 6.32. The van der Waals surface area contributed by atoms with Crippen LogP contribution in [0.5, 0.6) is 0 Å². The number of nitriles is 1. The highest BCUT2D eigenvalue weighted by Crippen LogP contribution is 2.35. The molecule has 0 fully saturated rings. The summed E-state index contributed by atoms with van der Waals surface area (Å²) in [7, 11) is 0. The van der Waals surface area contributed by atoms with E-state index in [1.165, 1.54) is 17.8 Å². The normalized spacial score (nSPS) is 11.3. The van der Waals surface area contributed by atoms with Crippen LogP contribution in [0, 0.1) is 18.3 Å². The van der Waals surface area contributed by atoms with Crippen LogP contribution in [0.25, 0.3) is 5.69 Å². The van der Waals surface area contributed by atoms with E-state index < -0.39 is 29.3 Å². The maximum Gasteiger partial charge on any atom is 0.436 e. The van der Waals surface area contributed by atoms with Gasteiger partial charge in [-0.2, -0.15) is 28.6 Å². The lowest BCUT2D eigenvalue weighted by atomic mass is 10.3. The van der Waals surface area contributed by atoms with Crippen molar-refractivity contribution in [1.82, 2.24) is 19.6 Å². The Labute approximate surface area is 161 Å². The minimum atomic E-state index is -4.73. The molecule has 0 unspecified atom stereocenters. The molecule has 0 bridgehead atoms. The number of nitrogens with one attached hydrogen (secondary N) is 1. The van der Waals surface area contributed by atoms with Crippen LogP contribution >= 0.6 is 11.6 Å². The number of anilines is 1. The summed E-state index contributed by atoms with van der Waals surface area (Å²) in [5.41, 5.74) is -0.562. The highest BCUT2D eigenvalue weighted by atomic mass is 35.5. The second kappa shape index (κ2) is 7.36. The smallest absolute Gasteiger partial charge is 0.308 e. The molecule has 1 aromatic carbocycles. The minimum Gasteiger partial charge on any atom is -0.308 e. The molecule has 0 aliphatic carbocycles. The topological polar surface area (TPSA) is 88.5 Å². The average Bonchev–Trinajstić information content (AvgIpc) is 3.18. The zero-order valence-corrected chi connectivity index (χ0v) is 15.1. The number of nitrogens with zero attached hydrogens (tertiary/aromatic N) is 5. The number of alkyl halides is 3. The second-order valence-electron chi connectivity index (χ2n) is 5.72. The van der Waals surface area contributed by atoms with E-state index in [1.807, 2.05) is 6.07 Å². The third-order valence-corrected chi connectivity index (χ3v) is 4.30. The van der Waals surface area contributed by atoms with Crippen molar-refractivity contribution >= 4 is 23.3 Å². The lowest BCUT2D eigenvalue weighted by molar-refractivity contribution is -0.141. The van der Waals surface area contributed by atoms with Gasteiger partial charge in [0, 0.05) is 0 Å². The molecule has 3 rings (SSSR count). The first-order valence-corrected chi connectivity index (χ1v) is 8.23. The largest absolute Gasteiger partial charge is 0.436 e. The van der Waals surface area contributed by atoms with Crippen LogP contribution in [-0.2, 0) is 17.5 Å². The van der Waals surface area contributed by atoms with Crippen LogP contribution in [0.4, 0.5) is 19.0 Å². The van der Waals surface area contributed by atoms with Crippen molar-refractivity contribution in [2.45, 2.75) is 19.6 Å². The molecule has 0 aliphatic heterocycles. The Morgan fingerprint density at radius 2 is 2.00 bits per heavy atom. The lowest BCUT2D eigenvalue weighted by Crippen LogP contribution is -2.22. The van der Waals surface area contributed by atoms with Gasteiger partial charge in [-0.3, -0.25) is 9.48 Å². The van der Waals surface area contributed by atoms with Crippen molar-refractivity contribution in [2.75, 3.05) is 5.32 Å². The van der Waals surface area contributed by atoms with Gasteiger partial charge in [-0.15, -0.1) is 0 Å². The number of rotatable bonds is 4. The Morgan fingerprint density at radius 1 is 1.32 bits per heavy atom. The standard InChI is InChI=1S/C17H12ClF3N6O/c1-10-14(18)15(17(19,20)21)25-26(10)9-13(28)24-16-11(7-22)8-23-27(16)12-5-3-2-4-6-12/h2-6,8H,9H2,1H3,(H,24,28). The molecular formula is C17H12ClF3N6O. The van der Waals surface area contributed by atoms with E-state index in [1.54, 1.807) is 30.3 Å². The van der Waals surface area contributed by atoms with E-state index >= 15 is 0 Å². The van der Waals surface area contributed by atoms with Gasteiger partial charge in [0.15, 0.2) is 11.5 Å². The van der Waals surface area contributed by atoms with Gasteiger partial charge in [0.05, 0.1) is 22.6 Å². The van der Waals surface area contributed by atoms with Crippen molar-refractivity contribution in [3.63, 3.8) is 0 Å². The van der Waals surface area contributed by atoms with Crippen LogP contribution in [0.2, 0.25) is 5.02 Å². The van der Waals surface area contributed by atoms with Crippen LogP contribution in [-0.4, -0.2) is 25.5 Å². The van der Waals surface area contributed by atoms with Crippen molar-refractivity contribution < 1.29 is 18.0 Å². The van der Waals surface area contributed by atoms with Crippen molar-refractivity contribution in [1.29, 1.82) is 5.26 Å². The summed E-state index contributed by atoms with van der Waals surface area (Å²) in [6, 6.07) is 10.6. The van der Waals surface area contributed by atoms with E-state index in [0.717, 1.165) is 4.68 Å². The number of amides is 1. The summed E-state index contributed by atoms with van der Waals surface area (Å²) in [4.78, 5) is 12.4. The summed E-state index contributed by atoms with van der Waals surface area (Å²) in [6.45, 7) is 0.805. The first kappa shape index (κ1) is 19.4. The third-order valence-electron chi connectivity index (χ3n) is 3.84. The number of carbonyl (C=O) groups is 1. The van der Waals surface area contributed by atoms with Gasteiger partial charge in [0.25, 0.3) is 0 Å². The molecule has 3 aromatic rings. The maximum atomic E-state index is 12.9. The molecule has 0 aliphatic rings. The first-order valence-electron chi connectivity index (χ1n) is 7.86. The molecule has 0 saturated carbocycles. The van der Waals surface area contributed by atoms with Gasteiger partial charge in [-0.05, 0) is 19.1 Å². The molecule has 28 heavy (non-hydrogen) atoms. The second-order valence-corrected chi connectivity index (χ2v) is 6.10. The van der Waals surface area contributed by atoms with Gasteiger partial charge >= 0.3 is 6.18 Å². The van der Waals surface area contributed by atoms with Gasteiger partial charge < -0.3 is 5.32 Å². The highest BCUT2D eigenvalue weighted by Gasteiger charge is 2.38. The Morgan fingerprint density at radius 3 is 2.57 bits per heavy atom. The summed E-state index contributed by atoms with van der Waals surface area (Å²) in [5.74, 6) is -0.587. The van der Waals surface area contributed by atoms with E-state index in [0.29, 0.717) is 5.69 Å². The number of benzene rings is 1. The number of hydrogen-bond acceptors (Lipinski definition) is 4. The van der Waals surface area contributed by atoms with E-state index in [9.17, 15) is 23.2 Å². The van der Waals surface area contributed by atoms with E-state index in [4.69, 9.17) is 11.6 Å². The molecule has 0 radical (unpaired) electrons. The molecule has 0 saturated heterocycles. The maximum absolute atomic E-state index is 12.9. The summed E-state index contributed by atoms with van der Waals surface area (Å²) in [6.07, 6.45) is -3.45. The van der Waals surface area contributed by atoms with Gasteiger partial charge in [0.2, 0.25) is 5.91 Å². The summed E-state index contributed by atoms with van der Waals surface area (Å²) in [5, 5.41) is 18.6. The number of para-hydroxylation sites is 1. The Kier molecular flexibility index (Phi) is 5.11. The molecule has 2 aromatic heterocycles. The summed E-state index contributed by atoms with van der Waals surface area (Å²) < 4.78 is 41.0. The Hall–Kier alpha value is -3.32. The molecular weight excluding hydrogens is 397 g/mol. The average molecular weight is 409 g/mol. The zero-order valence-electron chi connectivity index (χ0n) is 14.3. The molecule has 7 nitrogen and oxygen atoms in total. The van der Waals surface area contributed by atoms with Gasteiger partial charge in [-0.25, -0.2) is 4.68 Å². The van der Waals surface area contributed by atoms with Crippen molar-refractivity contribution in [3.8, 4) is 11.8 Å². The molecule has 1 amide bonds. The fraction of sp³-hybridized carbons (Fsp3) is 0.176. The number of hydrogen-bond donors (Lipinski definition) is 1. The van der Waals surface area contributed by atoms with Gasteiger partial charge in [0.1, 0.15) is 18.2 Å². The molecule has 0 atom stereocenters. The monoisotopic (exact) mass is 408 g/mol. The summed E-state index contributed by atoms with van der Waals surface area (Å²) >= 11 is 5.69. The minimum absolute atomic E-state index is 0.00113. The van der Waals surface area contributed by atoms with Crippen molar-refractivity contribution in [3.05, 3.63) is 58.5 Å². The van der Waals surface area contributed by atoms with E-state index in [2.05, 4.69) is 15.5 Å². The Bertz CT molecular complexity index is 1070. The SMILES string of the molecule is Cc1c(Cl)c(C(F)(F)F)nn1CC(=O)Nc1c(C#N)cnn1-c1ccccc1. The number of carbonyl (C=O) groups excluding carboxylic acids is 1. The predicted octanol–water partition coefficient (Wildman–Crippen LogP) is 3.56. The van der Waals surface area contributed by atoms with Crippen LogP contribution in [0.15, 0.2) is 36.5 Å². The third kappa shape index (κ3) is 3.70. The molecule has 0 spiro atoms. The van der Waals surface area contributed by atoms with E-state index in [-0.39, 0.29) is 17.1 Å².